The minimum atomic E-state index is 0.461. The highest BCUT2D eigenvalue weighted by Crippen LogP contribution is 2.18. The SMILES string of the molecule is CCCC(NC)c1ccn(Cc2cncn2C)c1. The van der Waals surface area contributed by atoms with E-state index >= 15 is 0 Å². The summed E-state index contributed by atoms with van der Waals surface area (Å²) in [6.07, 6.45) is 10.5. The van der Waals surface area contributed by atoms with Gasteiger partial charge in [-0.05, 0) is 25.1 Å². The molecule has 4 heteroatoms. The minimum Gasteiger partial charge on any atom is -0.348 e. The molecule has 18 heavy (non-hydrogen) atoms. The van der Waals surface area contributed by atoms with Gasteiger partial charge in [-0.3, -0.25) is 0 Å². The van der Waals surface area contributed by atoms with E-state index in [1.54, 1.807) is 0 Å². The van der Waals surface area contributed by atoms with Crippen LogP contribution in [-0.4, -0.2) is 21.2 Å². The van der Waals surface area contributed by atoms with E-state index in [9.17, 15) is 0 Å². The monoisotopic (exact) mass is 246 g/mol. The zero-order valence-corrected chi connectivity index (χ0v) is 11.4. The summed E-state index contributed by atoms with van der Waals surface area (Å²) in [5.41, 5.74) is 2.58. The summed E-state index contributed by atoms with van der Waals surface area (Å²) in [6, 6.07) is 2.66. The number of rotatable bonds is 6. The lowest BCUT2D eigenvalue weighted by Crippen LogP contribution is -2.15. The molecular formula is C14H22N4. The second-order valence-corrected chi connectivity index (χ2v) is 4.74. The Morgan fingerprint density at radius 1 is 1.44 bits per heavy atom. The van der Waals surface area contributed by atoms with Gasteiger partial charge in [0.1, 0.15) is 0 Å². The Hall–Kier alpha value is -1.55. The summed E-state index contributed by atoms with van der Waals surface area (Å²) in [6.45, 7) is 3.09. The highest BCUT2D eigenvalue weighted by atomic mass is 15.1. The zero-order chi connectivity index (χ0) is 13.0. The molecule has 2 heterocycles. The maximum absolute atomic E-state index is 4.14. The third-order valence-corrected chi connectivity index (χ3v) is 3.36. The van der Waals surface area contributed by atoms with Crippen molar-refractivity contribution in [2.75, 3.05) is 7.05 Å². The van der Waals surface area contributed by atoms with Crippen LogP contribution in [0, 0.1) is 0 Å². The molecule has 0 aliphatic rings. The number of aryl methyl sites for hydroxylation is 1. The minimum absolute atomic E-state index is 0.461. The van der Waals surface area contributed by atoms with Crippen LogP contribution in [0.3, 0.4) is 0 Å². The van der Waals surface area contributed by atoms with E-state index in [0.29, 0.717) is 6.04 Å². The quantitative estimate of drug-likeness (QED) is 0.849. The van der Waals surface area contributed by atoms with Gasteiger partial charge in [-0.2, -0.15) is 0 Å². The molecule has 0 radical (unpaired) electrons. The van der Waals surface area contributed by atoms with Crippen molar-refractivity contribution in [2.24, 2.45) is 7.05 Å². The molecule has 4 nitrogen and oxygen atoms in total. The van der Waals surface area contributed by atoms with E-state index in [2.05, 4.69) is 44.8 Å². The van der Waals surface area contributed by atoms with Gasteiger partial charge in [0.2, 0.25) is 0 Å². The van der Waals surface area contributed by atoms with E-state index in [0.717, 1.165) is 6.54 Å². The van der Waals surface area contributed by atoms with Crippen LogP contribution in [0.25, 0.3) is 0 Å². The summed E-state index contributed by atoms with van der Waals surface area (Å²) < 4.78 is 4.27. The molecule has 0 aliphatic carbocycles. The molecule has 1 N–H and O–H groups in total. The van der Waals surface area contributed by atoms with Crippen molar-refractivity contribution in [3.8, 4) is 0 Å². The lowest BCUT2D eigenvalue weighted by Gasteiger charge is -2.13. The normalized spacial score (nSPS) is 12.8. The lowest BCUT2D eigenvalue weighted by atomic mass is 10.1. The second-order valence-electron chi connectivity index (χ2n) is 4.74. The fourth-order valence-corrected chi connectivity index (χ4v) is 2.25. The molecular weight excluding hydrogens is 224 g/mol. The van der Waals surface area contributed by atoms with Gasteiger partial charge < -0.3 is 14.5 Å². The Bertz CT molecular complexity index is 483. The van der Waals surface area contributed by atoms with Crippen molar-refractivity contribution in [2.45, 2.75) is 32.4 Å². The molecule has 0 bridgehead atoms. The molecule has 2 aromatic rings. The van der Waals surface area contributed by atoms with Crippen LogP contribution in [-0.2, 0) is 13.6 Å². The number of hydrogen-bond donors (Lipinski definition) is 1. The first kappa shape index (κ1) is 12.9. The van der Waals surface area contributed by atoms with Crippen LogP contribution in [0.1, 0.15) is 37.1 Å². The summed E-state index contributed by atoms with van der Waals surface area (Å²) in [5, 5.41) is 3.37. The number of nitrogens with zero attached hydrogens (tertiary/aromatic N) is 3. The standard InChI is InChI=1S/C14H22N4/c1-4-5-14(15-2)12-6-7-18(9-12)10-13-8-16-11-17(13)3/h6-9,11,14-15H,4-5,10H2,1-3H3. The third kappa shape index (κ3) is 2.82. The van der Waals surface area contributed by atoms with Crippen molar-refractivity contribution in [3.63, 3.8) is 0 Å². The van der Waals surface area contributed by atoms with Gasteiger partial charge in [0.15, 0.2) is 0 Å². The fraction of sp³-hybridized carbons (Fsp3) is 0.500. The molecule has 2 rings (SSSR count). The number of imidazole rings is 1. The maximum Gasteiger partial charge on any atom is 0.0946 e. The third-order valence-electron chi connectivity index (χ3n) is 3.36. The van der Waals surface area contributed by atoms with Crippen LogP contribution in [0.4, 0.5) is 0 Å². The largest absolute Gasteiger partial charge is 0.348 e. The van der Waals surface area contributed by atoms with E-state index < -0.39 is 0 Å². The Balaban J connectivity index is 2.08. The molecule has 1 unspecified atom stereocenters. The van der Waals surface area contributed by atoms with Gasteiger partial charge in [-0.1, -0.05) is 13.3 Å². The van der Waals surface area contributed by atoms with Gasteiger partial charge in [0, 0.05) is 31.7 Å². The fourth-order valence-electron chi connectivity index (χ4n) is 2.25. The summed E-state index contributed by atoms with van der Waals surface area (Å²) in [5.74, 6) is 0. The van der Waals surface area contributed by atoms with Gasteiger partial charge in [0.25, 0.3) is 0 Å². The van der Waals surface area contributed by atoms with Crippen LogP contribution >= 0.6 is 0 Å². The van der Waals surface area contributed by atoms with Crippen molar-refractivity contribution in [1.29, 1.82) is 0 Å². The first-order valence-electron chi connectivity index (χ1n) is 6.52. The molecule has 0 fully saturated rings. The molecule has 2 aromatic heterocycles. The van der Waals surface area contributed by atoms with E-state index in [4.69, 9.17) is 0 Å². The molecule has 0 aliphatic heterocycles. The Kier molecular flexibility index (Phi) is 4.20. The van der Waals surface area contributed by atoms with Gasteiger partial charge in [-0.25, -0.2) is 4.98 Å². The van der Waals surface area contributed by atoms with Crippen molar-refractivity contribution in [1.82, 2.24) is 19.4 Å². The topological polar surface area (TPSA) is 34.8 Å². The molecule has 0 aromatic carbocycles. The van der Waals surface area contributed by atoms with Gasteiger partial charge in [-0.15, -0.1) is 0 Å². The first-order valence-corrected chi connectivity index (χ1v) is 6.52. The molecule has 98 valence electrons. The molecule has 1 atom stereocenters. The van der Waals surface area contributed by atoms with Crippen LogP contribution < -0.4 is 5.32 Å². The summed E-state index contributed by atoms with van der Waals surface area (Å²) >= 11 is 0. The molecule has 0 spiro atoms. The Morgan fingerprint density at radius 3 is 2.89 bits per heavy atom. The lowest BCUT2D eigenvalue weighted by molar-refractivity contribution is 0.540. The molecule has 0 saturated carbocycles. The predicted octanol–water partition coefficient (Wildman–Crippen LogP) is 2.33. The smallest absolute Gasteiger partial charge is 0.0946 e. The maximum atomic E-state index is 4.14. The Morgan fingerprint density at radius 2 is 2.28 bits per heavy atom. The zero-order valence-electron chi connectivity index (χ0n) is 11.4. The van der Waals surface area contributed by atoms with E-state index in [1.807, 2.05) is 26.6 Å². The highest BCUT2D eigenvalue weighted by molar-refractivity contribution is 5.16. The van der Waals surface area contributed by atoms with Crippen molar-refractivity contribution >= 4 is 0 Å². The Labute approximate surface area is 109 Å². The van der Waals surface area contributed by atoms with Crippen LogP contribution in [0.15, 0.2) is 31.0 Å². The highest BCUT2D eigenvalue weighted by Gasteiger charge is 2.09. The average Bonchev–Trinajstić information content (AvgIpc) is 2.97. The van der Waals surface area contributed by atoms with Crippen LogP contribution in [0.5, 0.6) is 0 Å². The van der Waals surface area contributed by atoms with Gasteiger partial charge in [0.05, 0.1) is 18.6 Å². The van der Waals surface area contributed by atoms with Crippen LogP contribution in [0.2, 0.25) is 0 Å². The van der Waals surface area contributed by atoms with Crippen molar-refractivity contribution in [3.05, 3.63) is 42.2 Å². The van der Waals surface area contributed by atoms with Crippen molar-refractivity contribution < 1.29 is 0 Å². The van der Waals surface area contributed by atoms with Gasteiger partial charge >= 0.3 is 0 Å². The first-order chi connectivity index (χ1) is 8.74. The predicted molar refractivity (Wildman–Crippen MR) is 73.5 cm³/mol. The average molecular weight is 246 g/mol. The molecule has 0 amide bonds. The number of nitrogens with one attached hydrogen (secondary N) is 1. The van der Waals surface area contributed by atoms with E-state index in [1.165, 1.54) is 24.1 Å². The molecule has 0 saturated heterocycles. The van der Waals surface area contributed by atoms with E-state index in [-0.39, 0.29) is 0 Å². The number of hydrogen-bond acceptors (Lipinski definition) is 2. The summed E-state index contributed by atoms with van der Waals surface area (Å²) in [7, 11) is 4.05. The summed E-state index contributed by atoms with van der Waals surface area (Å²) in [4.78, 5) is 4.14. The second kappa shape index (κ2) is 5.87. The number of aromatic nitrogens is 3.